The number of piperidine rings is 2. The van der Waals surface area contributed by atoms with Gasteiger partial charge in [0.25, 0.3) is 0 Å². The summed E-state index contributed by atoms with van der Waals surface area (Å²) < 4.78 is 0. The van der Waals surface area contributed by atoms with Crippen LogP contribution in [0.4, 0.5) is 0 Å². The Morgan fingerprint density at radius 1 is 0.903 bits per heavy atom. The molecule has 4 nitrogen and oxygen atoms in total. The molecular weight excluding hydrogens is 386 g/mol. The zero-order chi connectivity index (χ0) is 21.7. The highest BCUT2D eigenvalue weighted by atomic mass is 16.3. The first kappa shape index (κ1) is 21.1. The second-order valence-corrected chi connectivity index (χ2v) is 13.2. The molecule has 4 saturated carbocycles. The topological polar surface area (TPSA) is 60.8 Å². The number of hydrogen-bond acceptors (Lipinski definition) is 4. The van der Waals surface area contributed by atoms with Gasteiger partial charge in [0, 0.05) is 31.5 Å². The third-order valence-corrected chi connectivity index (χ3v) is 11.8. The maximum Gasteiger partial charge on any atom is 0.136 e. The number of aliphatic hydroxyl groups excluding tert-OH is 1. The number of aliphatic hydroxyl groups is 2. The van der Waals surface area contributed by atoms with Crippen LogP contribution < -0.4 is 0 Å². The van der Waals surface area contributed by atoms with Crippen LogP contribution in [0.3, 0.4) is 0 Å². The molecule has 0 aromatic heterocycles. The molecule has 2 saturated heterocycles. The van der Waals surface area contributed by atoms with E-state index in [2.05, 4.69) is 25.7 Å². The lowest BCUT2D eigenvalue weighted by Gasteiger charge is -2.59. The maximum absolute atomic E-state index is 13.2. The van der Waals surface area contributed by atoms with Gasteiger partial charge in [-0.15, -0.1) is 0 Å². The summed E-state index contributed by atoms with van der Waals surface area (Å²) in [6, 6.07) is 0.341. The van der Waals surface area contributed by atoms with Crippen molar-refractivity contribution in [1.29, 1.82) is 0 Å². The fraction of sp³-hybridized carbons (Fsp3) is 0.963. The van der Waals surface area contributed by atoms with E-state index in [9.17, 15) is 15.0 Å². The quantitative estimate of drug-likeness (QED) is 0.613. The molecule has 31 heavy (non-hydrogen) atoms. The zero-order valence-corrected chi connectivity index (χ0v) is 19.8. The van der Waals surface area contributed by atoms with E-state index in [4.69, 9.17) is 0 Å². The van der Waals surface area contributed by atoms with E-state index in [0.717, 1.165) is 44.6 Å². The summed E-state index contributed by atoms with van der Waals surface area (Å²) in [6.07, 6.45) is 9.08. The molecule has 0 spiro atoms. The van der Waals surface area contributed by atoms with Gasteiger partial charge < -0.3 is 10.2 Å². The van der Waals surface area contributed by atoms with Crippen LogP contribution >= 0.6 is 0 Å². The number of carbonyl (C=O) groups excluding carboxylic acids is 1. The Balaban J connectivity index is 1.31. The zero-order valence-electron chi connectivity index (χ0n) is 19.8. The van der Waals surface area contributed by atoms with Crippen molar-refractivity contribution in [3.8, 4) is 0 Å². The molecule has 6 fully saturated rings. The fourth-order valence-electron chi connectivity index (χ4n) is 10.4. The van der Waals surface area contributed by atoms with E-state index in [1.807, 2.05) is 0 Å². The van der Waals surface area contributed by atoms with Crippen LogP contribution in [0.2, 0.25) is 0 Å². The third-order valence-electron chi connectivity index (χ3n) is 11.8. The van der Waals surface area contributed by atoms with Gasteiger partial charge in [-0.05, 0) is 105 Å². The summed E-state index contributed by atoms with van der Waals surface area (Å²) in [5.74, 6) is 4.82. The summed E-state index contributed by atoms with van der Waals surface area (Å²) in [4.78, 5) is 15.9. The van der Waals surface area contributed by atoms with Gasteiger partial charge >= 0.3 is 0 Å². The Hall–Kier alpha value is -0.450. The van der Waals surface area contributed by atoms with E-state index in [-0.39, 0.29) is 17.4 Å². The maximum atomic E-state index is 13.2. The minimum absolute atomic E-state index is 0.0789. The average Bonchev–Trinajstić information content (AvgIpc) is 3.09. The minimum Gasteiger partial charge on any atom is -0.393 e. The van der Waals surface area contributed by atoms with E-state index in [0.29, 0.717) is 53.8 Å². The number of carbonyl (C=O) groups is 1. The van der Waals surface area contributed by atoms with Crippen molar-refractivity contribution in [1.82, 2.24) is 4.90 Å². The summed E-state index contributed by atoms with van der Waals surface area (Å²) in [7, 11) is 0. The molecule has 12 atom stereocenters. The molecule has 4 heteroatoms. The SMILES string of the molecule is C[C@H]1CC[C@@H]2N(C1)C[C@H]1[C@@H]3C[C@H]4[C@@H](CC(=O)[C@@H]5C[C@H](O)CC[C@@]54C)[C@@H]3CC[C@@H]1[C@]2(C)O. The van der Waals surface area contributed by atoms with Gasteiger partial charge in [-0.2, -0.15) is 0 Å². The number of hydrogen-bond donors (Lipinski definition) is 2. The number of fused-ring (bicyclic) bond motifs is 8. The molecule has 0 aromatic rings. The monoisotopic (exact) mass is 429 g/mol. The molecule has 6 aliphatic rings. The Morgan fingerprint density at radius 2 is 1.71 bits per heavy atom. The summed E-state index contributed by atoms with van der Waals surface area (Å²) in [6.45, 7) is 9.23. The van der Waals surface area contributed by atoms with Crippen LogP contribution in [0.15, 0.2) is 0 Å². The Bertz CT molecular complexity index is 751. The summed E-state index contributed by atoms with van der Waals surface area (Å²) in [5.41, 5.74) is -0.482. The summed E-state index contributed by atoms with van der Waals surface area (Å²) in [5, 5.41) is 22.1. The predicted molar refractivity (Wildman–Crippen MR) is 120 cm³/mol. The number of nitrogens with zero attached hydrogens (tertiary/aromatic N) is 1. The molecule has 0 bridgehead atoms. The number of Topliss-reactive ketones (excluding diaryl/α,β-unsaturated/α-hetero) is 1. The standard InChI is InChI=1S/C27H43NO3/c1-15-4-7-25-27(3,31)21-6-5-17-18(20(21)14-28(25)13-15)11-22-19(17)12-24(30)23-10-16(29)8-9-26(22,23)2/h15-23,25,29,31H,4-14H2,1-3H3/t15-,16+,17+,18+,19-,20-,21-,22-,23-,25-,26+,27-/m0/s1. The largest absolute Gasteiger partial charge is 0.393 e. The van der Waals surface area contributed by atoms with Crippen molar-refractivity contribution >= 4 is 5.78 Å². The smallest absolute Gasteiger partial charge is 0.136 e. The van der Waals surface area contributed by atoms with Gasteiger partial charge in [0.15, 0.2) is 0 Å². The second-order valence-electron chi connectivity index (χ2n) is 13.2. The highest BCUT2D eigenvalue weighted by Gasteiger charge is 2.64. The number of ketones is 1. The Labute approximate surface area is 188 Å². The van der Waals surface area contributed by atoms with Crippen molar-refractivity contribution in [2.75, 3.05) is 13.1 Å². The van der Waals surface area contributed by atoms with Crippen LogP contribution in [-0.2, 0) is 4.79 Å². The van der Waals surface area contributed by atoms with Crippen molar-refractivity contribution in [2.45, 2.75) is 96.3 Å². The van der Waals surface area contributed by atoms with Gasteiger partial charge in [-0.25, -0.2) is 0 Å². The van der Waals surface area contributed by atoms with Gasteiger partial charge in [0.1, 0.15) is 5.78 Å². The molecule has 0 unspecified atom stereocenters. The normalized spacial score (nSPS) is 59.2. The van der Waals surface area contributed by atoms with Gasteiger partial charge in [-0.3, -0.25) is 9.69 Å². The average molecular weight is 430 g/mol. The van der Waals surface area contributed by atoms with Crippen LogP contribution in [0.5, 0.6) is 0 Å². The minimum atomic E-state index is -0.570. The van der Waals surface area contributed by atoms with Crippen LogP contribution in [0.25, 0.3) is 0 Å². The predicted octanol–water partition coefficient (Wildman–Crippen LogP) is 3.89. The molecule has 0 amide bonds. The van der Waals surface area contributed by atoms with Crippen LogP contribution in [0.1, 0.15) is 78.6 Å². The lowest BCUT2D eigenvalue weighted by molar-refractivity contribution is -0.175. The number of rotatable bonds is 0. The molecule has 6 rings (SSSR count). The van der Waals surface area contributed by atoms with E-state index in [1.165, 1.54) is 25.8 Å². The van der Waals surface area contributed by atoms with Crippen LogP contribution in [-0.4, -0.2) is 51.7 Å². The fourth-order valence-corrected chi connectivity index (χ4v) is 10.4. The Kier molecular flexibility index (Phi) is 4.78. The highest BCUT2D eigenvalue weighted by Crippen LogP contribution is 2.66. The molecule has 0 radical (unpaired) electrons. The first-order valence-corrected chi connectivity index (χ1v) is 13.4. The Morgan fingerprint density at radius 3 is 2.52 bits per heavy atom. The van der Waals surface area contributed by atoms with Crippen LogP contribution in [0, 0.1) is 52.8 Å². The molecule has 174 valence electrons. The van der Waals surface area contributed by atoms with Gasteiger partial charge in [-0.1, -0.05) is 13.8 Å². The van der Waals surface area contributed by atoms with E-state index >= 15 is 0 Å². The summed E-state index contributed by atoms with van der Waals surface area (Å²) >= 11 is 0. The van der Waals surface area contributed by atoms with Gasteiger partial charge in [0.2, 0.25) is 0 Å². The lowest BCUT2D eigenvalue weighted by atomic mass is 9.51. The molecule has 2 N–H and O–H groups in total. The lowest BCUT2D eigenvalue weighted by Crippen LogP contribution is -2.67. The van der Waals surface area contributed by atoms with E-state index in [1.54, 1.807) is 0 Å². The van der Waals surface area contributed by atoms with Crippen molar-refractivity contribution in [2.24, 2.45) is 52.8 Å². The first-order valence-electron chi connectivity index (χ1n) is 13.4. The van der Waals surface area contributed by atoms with Crippen molar-refractivity contribution < 1.29 is 15.0 Å². The molecule has 4 aliphatic carbocycles. The van der Waals surface area contributed by atoms with E-state index < -0.39 is 5.60 Å². The van der Waals surface area contributed by atoms with Crippen molar-refractivity contribution in [3.63, 3.8) is 0 Å². The second kappa shape index (κ2) is 7.03. The third kappa shape index (κ3) is 2.93. The van der Waals surface area contributed by atoms with Crippen molar-refractivity contribution in [3.05, 3.63) is 0 Å². The first-order chi connectivity index (χ1) is 14.7. The molecule has 0 aromatic carbocycles. The molecule has 2 heterocycles. The molecule has 2 aliphatic heterocycles. The van der Waals surface area contributed by atoms with Gasteiger partial charge in [0.05, 0.1) is 11.7 Å². The molecular formula is C27H43NO3. The highest BCUT2D eigenvalue weighted by molar-refractivity contribution is 5.83.